The molecular weight excluding hydrogens is 94.0 g/mol. The third kappa shape index (κ3) is 56.9. The second-order valence-corrected chi connectivity index (χ2v) is 0.492. The Morgan fingerprint density at radius 2 is 1.57 bits per heavy atom. The summed E-state index contributed by atoms with van der Waals surface area (Å²) < 4.78 is 0. The van der Waals surface area contributed by atoms with Crippen LogP contribution in [0, 0.1) is 0 Å². The fourth-order valence-electron chi connectivity index (χ4n) is 0. The summed E-state index contributed by atoms with van der Waals surface area (Å²) in [4.78, 5) is 16.2. The Morgan fingerprint density at radius 3 is 1.57 bits per heavy atom. The number of hydrogen-bond acceptors (Lipinski definition) is 3. The predicted octanol–water partition coefficient (Wildman–Crippen LogP) is 0.771. The van der Waals surface area contributed by atoms with Gasteiger partial charge in [-0.2, -0.15) is 9.59 Å². The van der Waals surface area contributed by atoms with Gasteiger partial charge in [-0.15, -0.1) is 6.58 Å². The molecule has 0 radical (unpaired) electrons. The zero-order valence-corrected chi connectivity index (χ0v) is 4.31. The van der Waals surface area contributed by atoms with Crippen LogP contribution in [0.25, 0.3) is 0 Å². The van der Waals surface area contributed by atoms with E-state index in [1.807, 2.05) is 6.92 Å². The Morgan fingerprint density at radius 1 is 1.57 bits per heavy atom. The first-order valence-electron chi connectivity index (χ1n) is 1.39. The first kappa shape index (κ1) is 16.5. The van der Waals surface area contributed by atoms with Crippen LogP contribution in [0.15, 0.2) is 12.7 Å². The Labute approximate surface area is 42.6 Å². The summed E-state index contributed by atoms with van der Waals surface area (Å²) in [5.74, 6) is 0. The van der Waals surface area contributed by atoms with Gasteiger partial charge in [0.05, 0.1) is 0 Å². The summed E-state index contributed by atoms with van der Waals surface area (Å²) in [7, 11) is 0. The molecule has 0 atom stereocenters. The second kappa shape index (κ2) is 72.5. The minimum absolute atomic E-state index is 0. The molecule has 0 aliphatic carbocycles. The lowest BCUT2D eigenvalue weighted by atomic mass is 10.8. The van der Waals surface area contributed by atoms with Gasteiger partial charge in [-0.3, -0.25) is 0 Å². The van der Waals surface area contributed by atoms with Crippen molar-refractivity contribution in [3.05, 3.63) is 12.7 Å². The van der Waals surface area contributed by atoms with Gasteiger partial charge in [-0.1, -0.05) is 6.08 Å². The summed E-state index contributed by atoms with van der Waals surface area (Å²) in [6, 6.07) is 0. The highest BCUT2D eigenvalue weighted by molar-refractivity contribution is 5.20. The molecule has 0 rings (SSSR count). The van der Waals surface area contributed by atoms with Gasteiger partial charge in [0.25, 0.3) is 0 Å². The molecule has 0 unspecified atom stereocenters. The Kier molecular flexibility index (Phi) is 171. The minimum atomic E-state index is 0. The maximum Gasteiger partial charge on any atom is 0.373 e. The molecule has 3 heteroatoms. The van der Waals surface area contributed by atoms with Crippen LogP contribution in [0.1, 0.15) is 6.92 Å². The molecule has 3 N–H and O–H groups in total. The van der Waals surface area contributed by atoms with Crippen LogP contribution in [0.3, 0.4) is 0 Å². The largest absolute Gasteiger partial charge is 0.373 e. The Hall–Kier alpha value is -0.920. The summed E-state index contributed by atoms with van der Waals surface area (Å²) in [5, 5.41) is 0. The van der Waals surface area contributed by atoms with Gasteiger partial charge in [0.2, 0.25) is 0 Å². The minimum Gasteiger partial charge on any atom is -0.344 e. The molecule has 0 aromatic carbocycles. The van der Waals surface area contributed by atoms with Gasteiger partial charge in [0.15, 0.2) is 0 Å². The van der Waals surface area contributed by atoms with Crippen LogP contribution in [0.2, 0.25) is 0 Å². The molecule has 3 nitrogen and oxygen atoms in total. The van der Waals surface area contributed by atoms with E-state index in [0.717, 1.165) is 0 Å². The lowest BCUT2D eigenvalue weighted by Crippen LogP contribution is -1.22. The van der Waals surface area contributed by atoms with E-state index in [2.05, 4.69) is 6.58 Å². The van der Waals surface area contributed by atoms with Gasteiger partial charge in [-0.25, -0.2) is 0 Å². The van der Waals surface area contributed by atoms with Crippen molar-refractivity contribution < 1.29 is 9.59 Å². The van der Waals surface area contributed by atoms with E-state index in [9.17, 15) is 0 Å². The SMILES string of the molecule is C=CC.N.O=C=O. The van der Waals surface area contributed by atoms with E-state index in [-0.39, 0.29) is 12.3 Å². The molecule has 0 aliphatic heterocycles. The van der Waals surface area contributed by atoms with Crippen molar-refractivity contribution in [2.24, 2.45) is 0 Å². The van der Waals surface area contributed by atoms with E-state index in [0.29, 0.717) is 0 Å². The first-order valence-corrected chi connectivity index (χ1v) is 1.39. The molecule has 0 saturated heterocycles. The molecule has 0 bridgehead atoms. The van der Waals surface area contributed by atoms with Crippen molar-refractivity contribution in [3.63, 3.8) is 0 Å². The predicted molar refractivity (Wildman–Crippen MR) is 25.9 cm³/mol. The van der Waals surface area contributed by atoms with Crippen LogP contribution in [0.5, 0.6) is 0 Å². The molecule has 0 spiro atoms. The molecule has 0 saturated carbocycles. The Bertz CT molecular complexity index is 54.7. The molecule has 0 fully saturated rings. The molecule has 7 heavy (non-hydrogen) atoms. The van der Waals surface area contributed by atoms with Crippen molar-refractivity contribution in [1.29, 1.82) is 0 Å². The zero-order chi connectivity index (χ0) is 5.41. The fourth-order valence-corrected chi connectivity index (χ4v) is 0. The summed E-state index contributed by atoms with van der Waals surface area (Å²) >= 11 is 0. The quantitative estimate of drug-likeness (QED) is 0.460. The zero-order valence-electron chi connectivity index (χ0n) is 4.31. The normalized spacial score (nSPS) is 3.00. The topological polar surface area (TPSA) is 69.1 Å². The lowest BCUT2D eigenvalue weighted by molar-refractivity contribution is -0.191. The number of allylic oxidation sites excluding steroid dienone is 1. The lowest BCUT2D eigenvalue weighted by Gasteiger charge is -1.31. The monoisotopic (exact) mass is 103 g/mol. The highest BCUT2D eigenvalue weighted by Crippen LogP contribution is 1.38. The van der Waals surface area contributed by atoms with Gasteiger partial charge < -0.3 is 6.15 Å². The number of rotatable bonds is 0. The molecule has 0 amide bonds. The first-order chi connectivity index (χ1) is 2.83. The summed E-state index contributed by atoms with van der Waals surface area (Å²) in [5.41, 5.74) is 0. The van der Waals surface area contributed by atoms with Gasteiger partial charge >= 0.3 is 6.15 Å². The molecule has 0 heterocycles. The number of carbonyl (C=O) groups excluding carboxylic acids is 2. The Balaban J connectivity index is -0.0000000400. The molecular formula is C4H9NO2. The summed E-state index contributed by atoms with van der Waals surface area (Å²) in [6.07, 6.45) is 2.00. The van der Waals surface area contributed by atoms with Crippen molar-refractivity contribution in [3.8, 4) is 0 Å². The van der Waals surface area contributed by atoms with E-state index in [1.165, 1.54) is 0 Å². The van der Waals surface area contributed by atoms with Crippen molar-refractivity contribution >= 4 is 6.15 Å². The molecule has 0 aliphatic rings. The molecule has 0 aromatic rings. The highest BCUT2D eigenvalue weighted by atomic mass is 16.2. The average molecular weight is 103 g/mol. The average Bonchev–Trinajstić information content (AvgIpc) is 1.39. The van der Waals surface area contributed by atoms with Crippen molar-refractivity contribution in [2.45, 2.75) is 6.92 Å². The van der Waals surface area contributed by atoms with E-state index >= 15 is 0 Å². The molecule has 0 aromatic heterocycles. The van der Waals surface area contributed by atoms with Crippen LogP contribution < -0.4 is 6.15 Å². The van der Waals surface area contributed by atoms with Crippen LogP contribution in [0.4, 0.5) is 0 Å². The number of hydrogen-bond donors (Lipinski definition) is 1. The van der Waals surface area contributed by atoms with Gasteiger partial charge in [0.1, 0.15) is 0 Å². The van der Waals surface area contributed by atoms with Crippen LogP contribution in [-0.4, -0.2) is 6.15 Å². The van der Waals surface area contributed by atoms with Crippen molar-refractivity contribution in [1.82, 2.24) is 6.15 Å². The summed E-state index contributed by atoms with van der Waals surface area (Å²) in [6.45, 7) is 5.25. The molecule has 42 valence electrons. The van der Waals surface area contributed by atoms with Gasteiger partial charge in [-0.05, 0) is 6.92 Å². The maximum absolute atomic E-state index is 8.12. The second-order valence-electron chi connectivity index (χ2n) is 0.492. The standard InChI is InChI=1S/C3H6.CO2.H3N/c1-3-2;2-1-3;/h3H,1H2,2H3;;1H3. The third-order valence-electron chi connectivity index (χ3n) is 0. The smallest absolute Gasteiger partial charge is 0.344 e. The van der Waals surface area contributed by atoms with Crippen LogP contribution in [-0.2, 0) is 9.59 Å². The maximum atomic E-state index is 8.12. The van der Waals surface area contributed by atoms with E-state index < -0.39 is 0 Å². The fraction of sp³-hybridized carbons (Fsp3) is 0.250. The van der Waals surface area contributed by atoms with E-state index in [4.69, 9.17) is 9.59 Å². The van der Waals surface area contributed by atoms with Crippen LogP contribution >= 0.6 is 0 Å². The highest BCUT2D eigenvalue weighted by Gasteiger charge is 1.15. The van der Waals surface area contributed by atoms with Crippen molar-refractivity contribution in [2.75, 3.05) is 0 Å². The van der Waals surface area contributed by atoms with E-state index in [1.54, 1.807) is 6.08 Å². The van der Waals surface area contributed by atoms with Gasteiger partial charge in [0, 0.05) is 0 Å². The third-order valence-corrected chi connectivity index (χ3v) is 0.